The van der Waals surface area contributed by atoms with Gasteiger partial charge in [0, 0.05) is 44.1 Å². The van der Waals surface area contributed by atoms with E-state index in [1.54, 1.807) is 0 Å². The number of piperazine rings is 1. The number of carbonyl (C=O) groups is 2. The van der Waals surface area contributed by atoms with Gasteiger partial charge in [0.1, 0.15) is 0 Å². The van der Waals surface area contributed by atoms with Crippen LogP contribution in [0.25, 0.3) is 0 Å². The molecule has 0 bridgehead atoms. The fourth-order valence-electron chi connectivity index (χ4n) is 3.37. The smallest absolute Gasteiger partial charge is 0.247 e. The van der Waals surface area contributed by atoms with E-state index in [1.807, 2.05) is 26.8 Å². The molecular weight excluding hydrogens is 294 g/mol. The predicted molar refractivity (Wildman–Crippen MR) is 86.1 cm³/mol. The van der Waals surface area contributed by atoms with Crippen molar-refractivity contribution >= 4 is 17.8 Å². The molecule has 2 aliphatic heterocycles. The molecule has 3 heterocycles. The Morgan fingerprint density at radius 2 is 1.70 bits per heavy atom. The van der Waals surface area contributed by atoms with E-state index in [0.717, 1.165) is 43.5 Å². The average Bonchev–Trinajstić information content (AvgIpc) is 2.80. The third kappa shape index (κ3) is 3.06. The molecule has 2 saturated heterocycles. The van der Waals surface area contributed by atoms with Gasteiger partial charge in [0.2, 0.25) is 17.8 Å². The van der Waals surface area contributed by atoms with Gasteiger partial charge in [-0.05, 0) is 26.8 Å². The van der Waals surface area contributed by atoms with E-state index in [2.05, 4.69) is 19.8 Å². The van der Waals surface area contributed by atoms with Gasteiger partial charge in [-0.25, -0.2) is 9.97 Å². The molecule has 0 aromatic carbocycles. The largest absolute Gasteiger partial charge is 0.338 e. The minimum Gasteiger partial charge on any atom is -0.338 e. The summed E-state index contributed by atoms with van der Waals surface area (Å²) in [6, 6.07) is 1.67. The van der Waals surface area contributed by atoms with Crippen molar-refractivity contribution in [1.82, 2.24) is 19.8 Å². The second-order valence-electron chi connectivity index (χ2n) is 6.17. The second kappa shape index (κ2) is 6.23. The normalized spacial score (nSPS) is 23.0. The Labute approximate surface area is 136 Å². The Morgan fingerprint density at radius 1 is 1.09 bits per heavy atom. The molecular formula is C16H23N5O2. The third-order valence-electron chi connectivity index (χ3n) is 4.54. The number of hydrogen-bond acceptors (Lipinski definition) is 6. The molecule has 7 nitrogen and oxygen atoms in total. The first-order chi connectivity index (χ1) is 11.0. The highest BCUT2D eigenvalue weighted by atomic mass is 16.2. The number of nitrogens with zero attached hydrogens (tertiary/aromatic N) is 5. The van der Waals surface area contributed by atoms with Crippen molar-refractivity contribution < 1.29 is 9.59 Å². The maximum atomic E-state index is 12.3. The number of imide groups is 1. The maximum absolute atomic E-state index is 12.3. The van der Waals surface area contributed by atoms with Gasteiger partial charge in [-0.1, -0.05) is 0 Å². The number of aryl methyl sites for hydroxylation is 2. The molecule has 2 aliphatic rings. The maximum Gasteiger partial charge on any atom is 0.247 e. The van der Waals surface area contributed by atoms with Crippen molar-refractivity contribution in [1.29, 1.82) is 0 Å². The fraction of sp³-hybridized carbons (Fsp3) is 0.625. The molecule has 23 heavy (non-hydrogen) atoms. The number of likely N-dealkylation sites (N-methyl/N-ethyl adjacent to an activating group) is 1. The molecule has 1 atom stereocenters. The molecule has 0 aliphatic carbocycles. The van der Waals surface area contributed by atoms with Crippen LogP contribution in [0, 0.1) is 13.8 Å². The number of rotatable bonds is 3. The lowest BCUT2D eigenvalue weighted by Crippen LogP contribution is -2.53. The van der Waals surface area contributed by atoms with E-state index in [4.69, 9.17) is 0 Å². The highest BCUT2D eigenvalue weighted by molar-refractivity contribution is 6.05. The molecule has 2 fully saturated rings. The summed E-state index contributed by atoms with van der Waals surface area (Å²) in [4.78, 5) is 38.8. The first-order valence-electron chi connectivity index (χ1n) is 8.15. The van der Waals surface area contributed by atoms with E-state index < -0.39 is 0 Å². The van der Waals surface area contributed by atoms with Gasteiger partial charge < -0.3 is 4.90 Å². The molecule has 3 rings (SSSR count). The SMILES string of the molecule is CCN1C(=O)CC(N2CCN(c3nc(C)cc(C)n3)CC2)C1=O. The second-order valence-corrected chi connectivity index (χ2v) is 6.17. The van der Waals surface area contributed by atoms with Gasteiger partial charge in [0.05, 0.1) is 12.5 Å². The van der Waals surface area contributed by atoms with Crippen LogP contribution in [0.5, 0.6) is 0 Å². The van der Waals surface area contributed by atoms with Crippen LogP contribution in [0.2, 0.25) is 0 Å². The van der Waals surface area contributed by atoms with Crippen molar-refractivity contribution in [2.24, 2.45) is 0 Å². The minimum absolute atomic E-state index is 0.0476. The molecule has 1 unspecified atom stereocenters. The summed E-state index contributed by atoms with van der Waals surface area (Å²) in [7, 11) is 0. The van der Waals surface area contributed by atoms with Gasteiger partial charge in [0.25, 0.3) is 0 Å². The monoisotopic (exact) mass is 317 g/mol. The van der Waals surface area contributed by atoms with E-state index in [1.165, 1.54) is 4.90 Å². The number of anilines is 1. The van der Waals surface area contributed by atoms with E-state index >= 15 is 0 Å². The quantitative estimate of drug-likeness (QED) is 0.750. The standard InChI is InChI=1S/C16H23N5O2/c1-4-21-14(22)10-13(15(21)23)19-5-7-20(8-6-19)16-17-11(2)9-12(3)18-16/h9,13H,4-8,10H2,1-3H3. The lowest BCUT2D eigenvalue weighted by Gasteiger charge is -2.37. The highest BCUT2D eigenvalue weighted by Gasteiger charge is 2.41. The van der Waals surface area contributed by atoms with Gasteiger partial charge in [-0.3, -0.25) is 19.4 Å². The van der Waals surface area contributed by atoms with E-state index in [0.29, 0.717) is 13.0 Å². The van der Waals surface area contributed by atoms with Gasteiger partial charge in [-0.2, -0.15) is 0 Å². The minimum atomic E-state index is -0.287. The molecule has 1 aromatic rings. The lowest BCUT2D eigenvalue weighted by molar-refractivity contribution is -0.139. The van der Waals surface area contributed by atoms with Crippen LogP contribution in [-0.4, -0.2) is 70.3 Å². The molecule has 0 N–H and O–H groups in total. The van der Waals surface area contributed by atoms with Crippen LogP contribution in [0.3, 0.4) is 0 Å². The Balaban J connectivity index is 1.65. The zero-order valence-corrected chi connectivity index (χ0v) is 13.9. The van der Waals surface area contributed by atoms with Crippen LogP contribution in [0.15, 0.2) is 6.07 Å². The number of hydrogen-bond donors (Lipinski definition) is 0. The summed E-state index contributed by atoms with van der Waals surface area (Å²) >= 11 is 0. The van der Waals surface area contributed by atoms with Gasteiger partial charge in [-0.15, -0.1) is 0 Å². The Kier molecular flexibility index (Phi) is 4.30. The average molecular weight is 317 g/mol. The Bertz CT molecular complexity index is 605. The number of aromatic nitrogens is 2. The van der Waals surface area contributed by atoms with Crippen molar-refractivity contribution in [3.05, 3.63) is 17.5 Å². The summed E-state index contributed by atoms with van der Waals surface area (Å²) in [5.41, 5.74) is 1.93. The van der Waals surface area contributed by atoms with Crippen LogP contribution in [0.4, 0.5) is 5.95 Å². The van der Waals surface area contributed by atoms with Crippen molar-refractivity contribution in [2.45, 2.75) is 33.2 Å². The summed E-state index contributed by atoms with van der Waals surface area (Å²) in [5.74, 6) is 0.655. The topological polar surface area (TPSA) is 69.6 Å². The predicted octanol–water partition coefficient (Wildman–Crippen LogP) is 0.363. The molecule has 0 spiro atoms. The summed E-state index contributed by atoms with van der Waals surface area (Å²) in [6.07, 6.45) is 0.312. The zero-order valence-electron chi connectivity index (χ0n) is 13.9. The van der Waals surface area contributed by atoms with Gasteiger partial charge in [0.15, 0.2) is 0 Å². The van der Waals surface area contributed by atoms with E-state index in [-0.39, 0.29) is 17.9 Å². The first-order valence-corrected chi connectivity index (χ1v) is 8.15. The summed E-state index contributed by atoms with van der Waals surface area (Å²) < 4.78 is 0. The molecule has 0 saturated carbocycles. The molecule has 124 valence electrons. The lowest BCUT2D eigenvalue weighted by atomic mass is 10.2. The molecule has 7 heteroatoms. The van der Waals surface area contributed by atoms with Crippen molar-refractivity contribution in [3.8, 4) is 0 Å². The molecule has 2 amide bonds. The number of likely N-dealkylation sites (tertiary alicyclic amines) is 1. The van der Waals surface area contributed by atoms with Crippen LogP contribution < -0.4 is 4.90 Å². The summed E-state index contributed by atoms with van der Waals surface area (Å²) in [5, 5.41) is 0. The van der Waals surface area contributed by atoms with E-state index in [9.17, 15) is 9.59 Å². The molecule has 1 aromatic heterocycles. The van der Waals surface area contributed by atoms with Crippen LogP contribution in [-0.2, 0) is 9.59 Å². The van der Waals surface area contributed by atoms with Gasteiger partial charge >= 0.3 is 0 Å². The highest BCUT2D eigenvalue weighted by Crippen LogP contribution is 2.21. The Hall–Kier alpha value is -2.02. The Morgan fingerprint density at radius 3 is 2.22 bits per heavy atom. The fourth-order valence-corrected chi connectivity index (χ4v) is 3.37. The van der Waals surface area contributed by atoms with Crippen molar-refractivity contribution in [3.63, 3.8) is 0 Å². The molecule has 0 radical (unpaired) electrons. The zero-order chi connectivity index (χ0) is 16.6. The third-order valence-corrected chi connectivity index (χ3v) is 4.54. The first kappa shape index (κ1) is 15.9. The van der Waals surface area contributed by atoms with Crippen molar-refractivity contribution in [2.75, 3.05) is 37.6 Å². The number of carbonyl (C=O) groups excluding carboxylic acids is 2. The van der Waals surface area contributed by atoms with Crippen LogP contribution >= 0.6 is 0 Å². The number of amides is 2. The van der Waals surface area contributed by atoms with Crippen LogP contribution in [0.1, 0.15) is 24.7 Å². The summed E-state index contributed by atoms with van der Waals surface area (Å²) in [6.45, 7) is 9.28.